The molecule has 2 heterocycles. The van der Waals surface area contributed by atoms with Crippen LogP contribution in [0.25, 0.3) is 10.9 Å². The summed E-state index contributed by atoms with van der Waals surface area (Å²) in [7, 11) is 0. The summed E-state index contributed by atoms with van der Waals surface area (Å²) >= 11 is 6.04. The molecule has 0 saturated heterocycles. The Balaban J connectivity index is 0.00000196. The van der Waals surface area contributed by atoms with Gasteiger partial charge in [-0.05, 0) is 42.5 Å². The van der Waals surface area contributed by atoms with E-state index in [2.05, 4.69) is 20.6 Å². The van der Waals surface area contributed by atoms with Crippen LogP contribution in [0.5, 0.6) is 0 Å². The minimum absolute atomic E-state index is 0. The highest BCUT2D eigenvalue weighted by Gasteiger charge is 2.08. The van der Waals surface area contributed by atoms with Gasteiger partial charge in [0.15, 0.2) is 0 Å². The number of anilines is 3. The van der Waals surface area contributed by atoms with Gasteiger partial charge in [-0.2, -0.15) is 4.98 Å². The number of para-hydroxylation sites is 1. The standard InChI is InChI=1S/C19H15ClN4O.ClH/c20-13-5-3-6-14(11-13)22-19-23-17-9-2-1-8-16(17)18(24-19)21-12-15-7-4-10-25-15;/h1-11H,12H2,(H2,21,22,23,24);1H/p-1. The minimum Gasteiger partial charge on any atom is -1.00 e. The number of fused-ring (bicyclic) bond motifs is 1. The van der Waals surface area contributed by atoms with Gasteiger partial charge in [0, 0.05) is 16.1 Å². The van der Waals surface area contributed by atoms with Gasteiger partial charge < -0.3 is 27.5 Å². The Morgan fingerprint density at radius 1 is 0.962 bits per heavy atom. The van der Waals surface area contributed by atoms with Crippen LogP contribution in [0.4, 0.5) is 17.5 Å². The molecule has 4 rings (SSSR count). The van der Waals surface area contributed by atoms with Gasteiger partial charge in [-0.3, -0.25) is 0 Å². The first kappa shape index (κ1) is 18.0. The van der Waals surface area contributed by atoms with Crippen molar-refractivity contribution >= 4 is 40.0 Å². The molecule has 0 saturated carbocycles. The Morgan fingerprint density at radius 2 is 1.85 bits per heavy atom. The zero-order chi connectivity index (χ0) is 17.1. The van der Waals surface area contributed by atoms with E-state index in [4.69, 9.17) is 16.0 Å². The van der Waals surface area contributed by atoms with E-state index >= 15 is 0 Å². The zero-order valence-electron chi connectivity index (χ0n) is 13.6. The lowest BCUT2D eigenvalue weighted by atomic mass is 10.2. The largest absolute Gasteiger partial charge is 1.00 e. The van der Waals surface area contributed by atoms with Gasteiger partial charge in [0.2, 0.25) is 5.95 Å². The van der Waals surface area contributed by atoms with Crippen LogP contribution in [0.2, 0.25) is 5.02 Å². The number of hydrogen-bond donors (Lipinski definition) is 2. The van der Waals surface area contributed by atoms with E-state index in [9.17, 15) is 0 Å². The normalized spacial score (nSPS) is 10.3. The quantitative estimate of drug-likeness (QED) is 0.551. The second-order valence-electron chi connectivity index (χ2n) is 5.48. The van der Waals surface area contributed by atoms with Crippen molar-refractivity contribution in [1.29, 1.82) is 0 Å². The number of nitrogens with zero attached hydrogens (tertiary/aromatic N) is 2. The molecular formula is C19H15Cl2N4O-. The maximum absolute atomic E-state index is 6.04. The average molecular weight is 386 g/mol. The van der Waals surface area contributed by atoms with Crippen LogP contribution >= 0.6 is 11.6 Å². The van der Waals surface area contributed by atoms with Gasteiger partial charge >= 0.3 is 0 Å². The molecule has 0 unspecified atom stereocenters. The van der Waals surface area contributed by atoms with Crippen molar-refractivity contribution < 1.29 is 16.8 Å². The summed E-state index contributed by atoms with van der Waals surface area (Å²) in [4.78, 5) is 9.18. The van der Waals surface area contributed by atoms with Crippen molar-refractivity contribution in [1.82, 2.24) is 9.97 Å². The second-order valence-corrected chi connectivity index (χ2v) is 5.92. The molecule has 7 heteroatoms. The van der Waals surface area contributed by atoms with E-state index in [0.29, 0.717) is 17.5 Å². The molecular weight excluding hydrogens is 371 g/mol. The third-order valence-electron chi connectivity index (χ3n) is 3.69. The molecule has 0 spiro atoms. The van der Waals surface area contributed by atoms with E-state index < -0.39 is 0 Å². The second kappa shape index (κ2) is 8.08. The lowest BCUT2D eigenvalue weighted by molar-refractivity contribution is -0.00000549. The number of aromatic nitrogens is 2. The highest BCUT2D eigenvalue weighted by atomic mass is 35.5. The van der Waals surface area contributed by atoms with Gasteiger partial charge in [0.25, 0.3) is 0 Å². The molecule has 2 aromatic heterocycles. The number of nitrogens with one attached hydrogen (secondary N) is 2. The van der Waals surface area contributed by atoms with E-state index in [1.165, 1.54) is 0 Å². The molecule has 0 amide bonds. The first-order chi connectivity index (χ1) is 12.3. The van der Waals surface area contributed by atoms with Gasteiger partial charge in [-0.25, -0.2) is 4.98 Å². The van der Waals surface area contributed by atoms with Crippen molar-refractivity contribution in [3.05, 3.63) is 77.7 Å². The van der Waals surface area contributed by atoms with Crippen molar-refractivity contribution in [3.63, 3.8) is 0 Å². The molecule has 0 bridgehead atoms. The molecule has 2 N–H and O–H groups in total. The molecule has 0 atom stereocenters. The molecule has 2 aromatic carbocycles. The summed E-state index contributed by atoms with van der Waals surface area (Å²) in [6.45, 7) is 0.546. The summed E-state index contributed by atoms with van der Waals surface area (Å²) in [6.07, 6.45) is 1.65. The maximum Gasteiger partial charge on any atom is 0.229 e. The van der Waals surface area contributed by atoms with Gasteiger partial charge in [-0.1, -0.05) is 29.8 Å². The van der Waals surface area contributed by atoms with Crippen LogP contribution in [0.3, 0.4) is 0 Å². The number of furan rings is 1. The van der Waals surface area contributed by atoms with E-state index in [-0.39, 0.29) is 12.4 Å². The third kappa shape index (κ3) is 4.07. The molecule has 132 valence electrons. The highest BCUT2D eigenvalue weighted by Crippen LogP contribution is 2.25. The Morgan fingerprint density at radius 3 is 2.65 bits per heavy atom. The predicted octanol–water partition coefficient (Wildman–Crippen LogP) is 2.24. The lowest BCUT2D eigenvalue weighted by Gasteiger charge is -2.11. The van der Waals surface area contributed by atoms with Crippen LogP contribution < -0.4 is 23.0 Å². The number of hydrogen-bond acceptors (Lipinski definition) is 5. The molecule has 0 aliphatic rings. The van der Waals surface area contributed by atoms with Gasteiger partial charge in [0.05, 0.1) is 18.3 Å². The minimum atomic E-state index is 0. The van der Waals surface area contributed by atoms with Gasteiger partial charge in [0.1, 0.15) is 11.6 Å². The topological polar surface area (TPSA) is 63.0 Å². The fraction of sp³-hybridized carbons (Fsp3) is 0.0526. The van der Waals surface area contributed by atoms with Gasteiger partial charge in [-0.15, -0.1) is 0 Å². The summed E-state index contributed by atoms with van der Waals surface area (Å²) in [5.74, 6) is 2.08. The zero-order valence-corrected chi connectivity index (χ0v) is 15.1. The van der Waals surface area contributed by atoms with E-state index in [1.807, 2.05) is 60.7 Å². The van der Waals surface area contributed by atoms with Crippen LogP contribution in [0, 0.1) is 0 Å². The first-order valence-corrected chi connectivity index (χ1v) is 8.21. The summed E-state index contributed by atoms with van der Waals surface area (Å²) in [5.41, 5.74) is 1.68. The van der Waals surface area contributed by atoms with Crippen LogP contribution in [0.15, 0.2) is 71.3 Å². The molecule has 0 radical (unpaired) electrons. The number of rotatable bonds is 5. The van der Waals surface area contributed by atoms with Crippen LogP contribution in [-0.2, 0) is 6.54 Å². The summed E-state index contributed by atoms with van der Waals surface area (Å²) in [6, 6.07) is 19.1. The molecule has 26 heavy (non-hydrogen) atoms. The number of benzene rings is 2. The van der Waals surface area contributed by atoms with E-state index in [0.717, 1.165) is 28.2 Å². The monoisotopic (exact) mass is 385 g/mol. The fourth-order valence-corrected chi connectivity index (χ4v) is 2.74. The number of halogens is 2. The van der Waals surface area contributed by atoms with Crippen LogP contribution in [0.1, 0.15) is 5.76 Å². The summed E-state index contributed by atoms with van der Waals surface area (Å²) < 4.78 is 5.37. The molecule has 0 aliphatic heterocycles. The molecule has 0 fully saturated rings. The molecule has 5 nitrogen and oxygen atoms in total. The average Bonchev–Trinajstić information content (AvgIpc) is 3.13. The Labute approximate surface area is 161 Å². The SMILES string of the molecule is Clc1cccc(Nc2nc(NCc3ccco3)c3ccccc3n2)c1.[Cl-]. The molecule has 4 aromatic rings. The van der Waals surface area contributed by atoms with Crippen LogP contribution in [-0.4, -0.2) is 9.97 Å². The summed E-state index contributed by atoms with van der Waals surface area (Å²) in [5, 5.41) is 8.12. The Bertz CT molecular complexity index is 1010. The van der Waals surface area contributed by atoms with Crippen molar-refractivity contribution in [2.75, 3.05) is 10.6 Å². The Hall–Kier alpha value is -2.76. The lowest BCUT2D eigenvalue weighted by Crippen LogP contribution is -3.00. The van der Waals surface area contributed by atoms with Crippen molar-refractivity contribution in [2.45, 2.75) is 6.54 Å². The third-order valence-corrected chi connectivity index (χ3v) is 3.93. The Kier molecular flexibility index (Phi) is 5.61. The van der Waals surface area contributed by atoms with Crippen molar-refractivity contribution in [2.24, 2.45) is 0 Å². The smallest absolute Gasteiger partial charge is 0.229 e. The fourth-order valence-electron chi connectivity index (χ4n) is 2.55. The van der Waals surface area contributed by atoms with Crippen molar-refractivity contribution in [3.8, 4) is 0 Å². The molecule has 0 aliphatic carbocycles. The van der Waals surface area contributed by atoms with E-state index in [1.54, 1.807) is 6.26 Å². The highest BCUT2D eigenvalue weighted by molar-refractivity contribution is 6.30. The predicted molar refractivity (Wildman–Crippen MR) is 100 cm³/mol. The first-order valence-electron chi connectivity index (χ1n) is 7.83. The maximum atomic E-state index is 6.04.